The highest BCUT2D eigenvalue weighted by molar-refractivity contribution is 5.38. The predicted molar refractivity (Wildman–Crippen MR) is 76.2 cm³/mol. The highest BCUT2D eigenvalue weighted by Crippen LogP contribution is 2.47. The molecule has 3 heteroatoms. The zero-order chi connectivity index (χ0) is 14.2. The molecule has 1 aliphatic carbocycles. The Labute approximate surface area is 120 Å². The lowest BCUT2D eigenvalue weighted by molar-refractivity contribution is -0.0476. The number of hydrogen-bond acceptors (Lipinski definition) is 2. The zero-order valence-corrected chi connectivity index (χ0v) is 12.1. The fourth-order valence-electron chi connectivity index (χ4n) is 3.82. The Morgan fingerprint density at radius 1 is 1.35 bits per heavy atom. The molecule has 0 saturated heterocycles. The molecule has 1 spiro atoms. The average molecular weight is 278 g/mol. The van der Waals surface area contributed by atoms with E-state index in [-0.39, 0.29) is 11.4 Å². The van der Waals surface area contributed by atoms with Crippen LogP contribution in [0.5, 0.6) is 5.75 Å². The summed E-state index contributed by atoms with van der Waals surface area (Å²) in [5, 5.41) is 10.3. The van der Waals surface area contributed by atoms with Gasteiger partial charge in [0.1, 0.15) is 17.2 Å². The zero-order valence-electron chi connectivity index (χ0n) is 12.1. The number of halogens is 1. The quantitative estimate of drug-likeness (QED) is 0.870. The maximum Gasteiger partial charge on any atom is 0.126 e. The first-order valence-corrected chi connectivity index (χ1v) is 7.78. The second-order valence-corrected chi connectivity index (χ2v) is 6.42. The van der Waals surface area contributed by atoms with E-state index in [0.717, 1.165) is 18.8 Å². The molecule has 1 fully saturated rings. The Kier molecular flexibility index (Phi) is 3.72. The number of aliphatic hydroxyl groups excluding tert-OH is 1. The Morgan fingerprint density at radius 3 is 2.80 bits per heavy atom. The van der Waals surface area contributed by atoms with E-state index < -0.39 is 6.10 Å². The second-order valence-electron chi connectivity index (χ2n) is 6.42. The van der Waals surface area contributed by atoms with Crippen molar-refractivity contribution in [2.24, 2.45) is 5.92 Å². The molecule has 1 N–H and O–H groups in total. The second kappa shape index (κ2) is 5.36. The minimum atomic E-state index is -0.600. The van der Waals surface area contributed by atoms with Crippen LogP contribution in [-0.2, 0) is 0 Å². The van der Waals surface area contributed by atoms with E-state index in [2.05, 4.69) is 6.92 Å². The van der Waals surface area contributed by atoms with Crippen LogP contribution < -0.4 is 4.74 Å². The van der Waals surface area contributed by atoms with Crippen LogP contribution in [0.15, 0.2) is 18.2 Å². The summed E-state index contributed by atoms with van der Waals surface area (Å²) in [6.45, 7) is 2.23. The summed E-state index contributed by atoms with van der Waals surface area (Å²) >= 11 is 0. The highest BCUT2D eigenvalue weighted by atomic mass is 19.1. The van der Waals surface area contributed by atoms with Crippen molar-refractivity contribution in [3.63, 3.8) is 0 Å². The van der Waals surface area contributed by atoms with Gasteiger partial charge in [-0.3, -0.25) is 0 Å². The molecule has 1 aliphatic heterocycles. The predicted octanol–water partition coefficient (Wildman–Crippen LogP) is 4.37. The van der Waals surface area contributed by atoms with Crippen molar-refractivity contribution in [1.82, 2.24) is 0 Å². The molecule has 0 unspecified atom stereocenters. The molecule has 2 nitrogen and oxygen atoms in total. The largest absolute Gasteiger partial charge is 0.487 e. The van der Waals surface area contributed by atoms with Gasteiger partial charge < -0.3 is 9.84 Å². The molecule has 1 aromatic rings. The van der Waals surface area contributed by atoms with Gasteiger partial charge >= 0.3 is 0 Å². The van der Waals surface area contributed by atoms with Crippen molar-refractivity contribution >= 4 is 0 Å². The van der Waals surface area contributed by atoms with E-state index in [9.17, 15) is 9.50 Å². The van der Waals surface area contributed by atoms with E-state index >= 15 is 0 Å². The number of benzene rings is 1. The molecule has 20 heavy (non-hydrogen) atoms. The molecule has 0 bridgehead atoms. The van der Waals surface area contributed by atoms with Gasteiger partial charge in [-0.15, -0.1) is 0 Å². The van der Waals surface area contributed by atoms with Crippen LogP contribution in [0.3, 0.4) is 0 Å². The molecule has 110 valence electrons. The Hall–Kier alpha value is -1.09. The summed E-state index contributed by atoms with van der Waals surface area (Å²) in [6, 6.07) is 4.47. The summed E-state index contributed by atoms with van der Waals surface area (Å²) in [5.74, 6) is 1.16. The van der Waals surface area contributed by atoms with Gasteiger partial charge in [0.2, 0.25) is 0 Å². The van der Waals surface area contributed by atoms with E-state index in [4.69, 9.17) is 4.74 Å². The normalized spacial score (nSPS) is 32.8. The summed E-state index contributed by atoms with van der Waals surface area (Å²) in [6.07, 6.45) is 6.90. The Morgan fingerprint density at radius 2 is 2.10 bits per heavy atom. The van der Waals surface area contributed by atoms with Crippen LogP contribution in [0, 0.1) is 11.7 Å². The summed E-state index contributed by atoms with van der Waals surface area (Å²) in [7, 11) is 0. The molecular weight excluding hydrogens is 255 g/mol. The van der Waals surface area contributed by atoms with Crippen molar-refractivity contribution in [3.8, 4) is 5.75 Å². The summed E-state index contributed by atoms with van der Waals surface area (Å²) < 4.78 is 19.5. The maximum atomic E-state index is 13.3. The molecule has 0 aromatic heterocycles. The molecule has 1 saturated carbocycles. The van der Waals surface area contributed by atoms with Gasteiger partial charge in [0.25, 0.3) is 0 Å². The fourth-order valence-corrected chi connectivity index (χ4v) is 3.82. The lowest BCUT2D eigenvalue weighted by atomic mass is 9.73. The number of aliphatic hydroxyl groups is 1. The number of ether oxygens (including phenoxy) is 1. The van der Waals surface area contributed by atoms with Gasteiger partial charge in [0.05, 0.1) is 6.10 Å². The van der Waals surface area contributed by atoms with Crippen molar-refractivity contribution in [1.29, 1.82) is 0 Å². The third-order valence-electron chi connectivity index (χ3n) is 4.94. The summed E-state index contributed by atoms with van der Waals surface area (Å²) in [4.78, 5) is 0. The minimum Gasteiger partial charge on any atom is -0.487 e. The third kappa shape index (κ3) is 2.56. The molecule has 3 rings (SSSR count). The van der Waals surface area contributed by atoms with Crippen LogP contribution >= 0.6 is 0 Å². The van der Waals surface area contributed by atoms with E-state index in [1.54, 1.807) is 6.07 Å². The minimum absolute atomic E-state index is 0.228. The van der Waals surface area contributed by atoms with Crippen LogP contribution in [0.4, 0.5) is 4.39 Å². The van der Waals surface area contributed by atoms with Gasteiger partial charge in [0, 0.05) is 12.0 Å². The van der Waals surface area contributed by atoms with Gasteiger partial charge in [-0.05, 0) is 49.8 Å². The summed E-state index contributed by atoms with van der Waals surface area (Å²) in [5.41, 5.74) is 0.375. The molecule has 0 amide bonds. The first-order valence-electron chi connectivity index (χ1n) is 7.78. The van der Waals surface area contributed by atoms with Crippen LogP contribution in [0.2, 0.25) is 0 Å². The smallest absolute Gasteiger partial charge is 0.126 e. The molecule has 1 heterocycles. The average Bonchev–Trinajstić information content (AvgIpc) is 2.43. The Balaban J connectivity index is 1.76. The third-order valence-corrected chi connectivity index (χ3v) is 4.94. The molecule has 2 aliphatic rings. The lowest BCUT2D eigenvalue weighted by Crippen LogP contribution is -2.44. The molecular formula is C17H23FO2. The Bertz CT molecular complexity index is 478. The number of hydrogen-bond donors (Lipinski definition) is 1. The van der Waals surface area contributed by atoms with Gasteiger partial charge in [-0.2, -0.15) is 0 Å². The standard InChI is InChI=1S/C17H23FO2/c1-2-3-12-6-8-17(9-7-12)11-15(19)14-10-13(18)4-5-16(14)20-17/h4-5,10,12,15,19H,2-3,6-9,11H2,1H3/t12?,15-,17?/m1/s1. The van der Waals surface area contributed by atoms with Crippen LogP contribution in [-0.4, -0.2) is 10.7 Å². The first-order chi connectivity index (χ1) is 9.62. The van der Waals surface area contributed by atoms with Gasteiger partial charge in [-0.1, -0.05) is 19.8 Å². The van der Waals surface area contributed by atoms with Crippen molar-refractivity contribution in [3.05, 3.63) is 29.6 Å². The number of rotatable bonds is 2. The van der Waals surface area contributed by atoms with Crippen LogP contribution in [0.1, 0.15) is 63.5 Å². The van der Waals surface area contributed by atoms with E-state index in [1.807, 2.05) is 0 Å². The van der Waals surface area contributed by atoms with E-state index in [0.29, 0.717) is 17.7 Å². The highest BCUT2D eigenvalue weighted by Gasteiger charge is 2.43. The van der Waals surface area contributed by atoms with Gasteiger partial charge in [-0.25, -0.2) is 4.39 Å². The van der Waals surface area contributed by atoms with Crippen LogP contribution in [0.25, 0.3) is 0 Å². The first kappa shape index (κ1) is 13.9. The van der Waals surface area contributed by atoms with E-state index in [1.165, 1.54) is 37.8 Å². The number of fused-ring (bicyclic) bond motifs is 1. The van der Waals surface area contributed by atoms with Crippen molar-refractivity contribution in [2.45, 2.75) is 63.6 Å². The lowest BCUT2D eigenvalue weighted by Gasteiger charge is -2.45. The monoisotopic (exact) mass is 278 g/mol. The maximum absolute atomic E-state index is 13.3. The van der Waals surface area contributed by atoms with Gasteiger partial charge in [0.15, 0.2) is 0 Å². The molecule has 0 radical (unpaired) electrons. The fraction of sp³-hybridized carbons (Fsp3) is 0.647. The molecule has 1 atom stereocenters. The molecule has 1 aromatic carbocycles. The van der Waals surface area contributed by atoms with Crippen molar-refractivity contribution < 1.29 is 14.2 Å². The topological polar surface area (TPSA) is 29.5 Å². The van der Waals surface area contributed by atoms with Crippen molar-refractivity contribution in [2.75, 3.05) is 0 Å². The SMILES string of the molecule is CCCC1CCC2(CC1)C[C@@H](O)c1cc(F)ccc1O2.